The van der Waals surface area contributed by atoms with Crippen molar-refractivity contribution in [3.05, 3.63) is 90.4 Å². The van der Waals surface area contributed by atoms with Crippen LogP contribution in [0.3, 0.4) is 0 Å². The number of aromatic nitrogens is 3. The Bertz CT molecular complexity index is 1470. The molecule has 9 heteroatoms. The van der Waals surface area contributed by atoms with Gasteiger partial charge in [0.25, 0.3) is 0 Å². The third-order valence-electron chi connectivity index (χ3n) is 7.33. The first kappa shape index (κ1) is 26.8. The van der Waals surface area contributed by atoms with Crippen molar-refractivity contribution in [3.8, 4) is 22.9 Å². The summed E-state index contributed by atoms with van der Waals surface area (Å²) < 4.78 is 7.25. The second kappa shape index (κ2) is 12.3. The standard InChI is InChI=1S/C31H33N7O2/c1-37-21-25(20-35-37)23-8-12-27(13-9-23)38(31(39)34-19-24-5-3-4-6-29(24)40-2)28-14-10-26(11-15-28)36-30-16-7-22(17-32)18-33-30/h3-9,12-13,16,18,20-21,26,28H,10-11,14-15,19H2,1-2H3,(H,33,36)(H,34,39). The summed E-state index contributed by atoms with van der Waals surface area (Å²) in [5, 5.41) is 19.9. The van der Waals surface area contributed by atoms with Gasteiger partial charge in [0, 0.05) is 54.9 Å². The molecule has 1 saturated carbocycles. The number of amides is 2. The van der Waals surface area contributed by atoms with Crippen LogP contribution < -0.4 is 20.3 Å². The SMILES string of the molecule is COc1ccccc1CNC(=O)N(c1ccc(-c2cnn(C)c2)cc1)C1CCC(Nc2ccc(C#N)cn2)CC1. The van der Waals surface area contributed by atoms with Gasteiger partial charge in [-0.2, -0.15) is 10.4 Å². The van der Waals surface area contributed by atoms with Crippen LogP contribution in [0.25, 0.3) is 11.1 Å². The quantitative estimate of drug-likeness (QED) is 0.308. The summed E-state index contributed by atoms with van der Waals surface area (Å²) in [6.45, 7) is 0.369. The van der Waals surface area contributed by atoms with E-state index in [0.717, 1.165) is 59.6 Å². The number of hydrogen-bond acceptors (Lipinski definition) is 6. The first-order chi connectivity index (χ1) is 19.5. The Labute approximate surface area is 234 Å². The third kappa shape index (κ3) is 6.24. The molecule has 5 rings (SSSR count). The van der Waals surface area contributed by atoms with Crippen LogP contribution in [0.15, 0.2) is 79.3 Å². The van der Waals surface area contributed by atoms with Crippen molar-refractivity contribution < 1.29 is 9.53 Å². The summed E-state index contributed by atoms with van der Waals surface area (Å²) in [6.07, 6.45) is 8.89. The van der Waals surface area contributed by atoms with Crippen molar-refractivity contribution in [2.45, 2.75) is 44.3 Å². The number of rotatable bonds is 8. The molecule has 4 aromatic rings. The molecule has 2 heterocycles. The molecule has 2 aromatic carbocycles. The van der Waals surface area contributed by atoms with Crippen LogP contribution in [0.5, 0.6) is 5.75 Å². The van der Waals surface area contributed by atoms with Crippen LogP contribution in [0.1, 0.15) is 36.8 Å². The van der Waals surface area contributed by atoms with Gasteiger partial charge in [0.1, 0.15) is 17.6 Å². The predicted molar refractivity (Wildman–Crippen MR) is 155 cm³/mol. The molecule has 0 atom stereocenters. The zero-order chi connectivity index (χ0) is 27.9. The van der Waals surface area contributed by atoms with Gasteiger partial charge in [0.15, 0.2) is 0 Å². The number of urea groups is 1. The highest BCUT2D eigenvalue weighted by Crippen LogP contribution is 2.31. The van der Waals surface area contributed by atoms with Gasteiger partial charge in [0.05, 0.1) is 18.9 Å². The number of benzene rings is 2. The fourth-order valence-corrected chi connectivity index (χ4v) is 5.22. The van der Waals surface area contributed by atoms with Gasteiger partial charge in [-0.15, -0.1) is 0 Å². The summed E-state index contributed by atoms with van der Waals surface area (Å²) in [6, 6.07) is 21.7. The van der Waals surface area contributed by atoms with Crippen molar-refractivity contribution in [1.82, 2.24) is 20.1 Å². The highest BCUT2D eigenvalue weighted by molar-refractivity contribution is 5.93. The Balaban J connectivity index is 1.31. The zero-order valence-corrected chi connectivity index (χ0v) is 22.7. The van der Waals surface area contributed by atoms with E-state index >= 15 is 0 Å². The van der Waals surface area contributed by atoms with E-state index in [1.165, 1.54) is 0 Å². The molecular formula is C31H33N7O2. The molecule has 204 valence electrons. The number of ether oxygens (including phenoxy) is 1. The van der Waals surface area contributed by atoms with Crippen molar-refractivity contribution in [3.63, 3.8) is 0 Å². The van der Waals surface area contributed by atoms with Crippen LogP contribution in [0, 0.1) is 11.3 Å². The van der Waals surface area contributed by atoms with Crippen molar-refractivity contribution in [2.24, 2.45) is 7.05 Å². The lowest BCUT2D eigenvalue weighted by Gasteiger charge is -2.37. The van der Waals surface area contributed by atoms with E-state index in [2.05, 4.69) is 26.8 Å². The molecule has 2 N–H and O–H groups in total. The number of nitrogens with zero attached hydrogens (tertiary/aromatic N) is 5. The molecule has 0 saturated heterocycles. The maximum Gasteiger partial charge on any atom is 0.322 e. The molecule has 2 amide bonds. The Kier molecular flexibility index (Phi) is 8.26. The minimum atomic E-state index is -0.134. The fourth-order valence-electron chi connectivity index (χ4n) is 5.22. The van der Waals surface area contributed by atoms with Crippen molar-refractivity contribution in [2.75, 3.05) is 17.3 Å². The Hall–Kier alpha value is -4.84. The lowest BCUT2D eigenvalue weighted by molar-refractivity contribution is 0.240. The smallest absolute Gasteiger partial charge is 0.322 e. The molecule has 0 unspecified atom stereocenters. The average Bonchev–Trinajstić information content (AvgIpc) is 3.44. The fraction of sp³-hybridized carbons (Fsp3) is 0.290. The lowest BCUT2D eigenvalue weighted by atomic mass is 9.89. The molecule has 1 fully saturated rings. The van der Waals surface area contributed by atoms with Crippen molar-refractivity contribution in [1.29, 1.82) is 5.26 Å². The number of carbonyl (C=O) groups excluding carboxylic acids is 1. The normalized spacial score (nSPS) is 16.5. The number of aryl methyl sites for hydroxylation is 1. The Morgan fingerprint density at radius 3 is 2.48 bits per heavy atom. The third-order valence-corrected chi connectivity index (χ3v) is 7.33. The minimum absolute atomic E-state index is 0.0499. The molecule has 0 aliphatic heterocycles. The number of nitrogens with one attached hydrogen (secondary N) is 2. The number of hydrogen-bond donors (Lipinski definition) is 2. The first-order valence-electron chi connectivity index (χ1n) is 13.4. The molecular weight excluding hydrogens is 502 g/mol. The molecule has 9 nitrogen and oxygen atoms in total. The highest BCUT2D eigenvalue weighted by atomic mass is 16.5. The number of carbonyl (C=O) groups is 1. The van der Waals surface area contributed by atoms with E-state index in [0.29, 0.717) is 12.1 Å². The molecule has 2 aromatic heterocycles. The molecule has 1 aliphatic carbocycles. The van der Waals surface area contributed by atoms with Crippen LogP contribution in [-0.2, 0) is 13.6 Å². The monoisotopic (exact) mass is 535 g/mol. The number of methoxy groups -OCH3 is 1. The van der Waals surface area contributed by atoms with Gasteiger partial charge in [-0.05, 0) is 61.6 Å². The van der Waals surface area contributed by atoms with Gasteiger partial charge < -0.3 is 15.4 Å². The second-order valence-electron chi connectivity index (χ2n) is 9.98. The number of nitriles is 1. The van der Waals surface area contributed by atoms with Gasteiger partial charge in [-0.3, -0.25) is 9.58 Å². The van der Waals surface area contributed by atoms with Gasteiger partial charge in [0.2, 0.25) is 0 Å². The van der Waals surface area contributed by atoms with E-state index in [1.807, 2.05) is 78.9 Å². The molecule has 0 spiro atoms. The first-order valence-corrected chi connectivity index (χ1v) is 13.4. The summed E-state index contributed by atoms with van der Waals surface area (Å²) in [4.78, 5) is 20.0. The predicted octanol–water partition coefficient (Wildman–Crippen LogP) is 5.50. The maximum absolute atomic E-state index is 13.7. The second-order valence-corrected chi connectivity index (χ2v) is 9.98. The summed E-state index contributed by atoms with van der Waals surface area (Å²) in [7, 11) is 3.53. The van der Waals surface area contributed by atoms with E-state index in [4.69, 9.17) is 10.00 Å². The number of anilines is 2. The number of pyridine rings is 1. The van der Waals surface area contributed by atoms with Crippen LogP contribution in [-0.4, -0.2) is 40.0 Å². The Morgan fingerprint density at radius 2 is 1.82 bits per heavy atom. The molecule has 0 radical (unpaired) electrons. The number of para-hydroxylation sites is 1. The molecule has 1 aliphatic rings. The highest BCUT2D eigenvalue weighted by Gasteiger charge is 2.30. The van der Waals surface area contributed by atoms with Crippen LogP contribution >= 0.6 is 0 Å². The zero-order valence-electron chi connectivity index (χ0n) is 22.7. The Morgan fingerprint density at radius 1 is 1.05 bits per heavy atom. The minimum Gasteiger partial charge on any atom is -0.496 e. The van der Waals surface area contributed by atoms with E-state index in [9.17, 15) is 4.79 Å². The largest absolute Gasteiger partial charge is 0.496 e. The van der Waals surface area contributed by atoms with Gasteiger partial charge >= 0.3 is 6.03 Å². The van der Waals surface area contributed by atoms with Gasteiger partial charge in [-0.1, -0.05) is 30.3 Å². The molecule has 0 bridgehead atoms. The molecule has 40 heavy (non-hydrogen) atoms. The topological polar surface area (TPSA) is 108 Å². The van der Waals surface area contributed by atoms with Crippen molar-refractivity contribution >= 4 is 17.5 Å². The van der Waals surface area contributed by atoms with Crippen LogP contribution in [0.2, 0.25) is 0 Å². The van der Waals surface area contributed by atoms with Gasteiger partial charge in [-0.25, -0.2) is 9.78 Å². The summed E-state index contributed by atoms with van der Waals surface area (Å²) in [5.74, 6) is 1.51. The summed E-state index contributed by atoms with van der Waals surface area (Å²) >= 11 is 0. The van der Waals surface area contributed by atoms with E-state index in [-0.39, 0.29) is 18.1 Å². The van der Waals surface area contributed by atoms with E-state index in [1.54, 1.807) is 24.1 Å². The van der Waals surface area contributed by atoms with E-state index < -0.39 is 0 Å². The summed E-state index contributed by atoms with van der Waals surface area (Å²) in [5.41, 5.74) is 4.40. The van der Waals surface area contributed by atoms with Crippen LogP contribution in [0.4, 0.5) is 16.3 Å². The maximum atomic E-state index is 13.7. The lowest BCUT2D eigenvalue weighted by Crippen LogP contribution is -2.48. The average molecular weight is 536 g/mol.